The molecule has 0 unspecified atom stereocenters. The maximum Gasteiger partial charge on any atom is 2.00 e. The van der Waals surface area contributed by atoms with Gasteiger partial charge in [0.15, 0.2) is 11.6 Å². The summed E-state index contributed by atoms with van der Waals surface area (Å²) in [5, 5.41) is 23.4. The summed E-state index contributed by atoms with van der Waals surface area (Å²) in [4.78, 5) is 32.4. The first-order chi connectivity index (χ1) is 27.1. The van der Waals surface area contributed by atoms with Gasteiger partial charge >= 0.3 is 31.6 Å². The Balaban J connectivity index is 0.000000441. The van der Waals surface area contributed by atoms with E-state index in [0.29, 0.717) is 34.2 Å². The second-order valence-electron chi connectivity index (χ2n) is 10.1. The zero-order chi connectivity index (χ0) is 42.1. The van der Waals surface area contributed by atoms with Gasteiger partial charge in [-0.2, -0.15) is 25.7 Å². The van der Waals surface area contributed by atoms with E-state index < -0.39 is 14.5 Å². The zero-order valence-corrected chi connectivity index (χ0v) is 30.8. The Kier molecular flexibility index (Phi) is 22.0. The second-order valence-corrected chi connectivity index (χ2v) is 10.1. The van der Waals surface area contributed by atoms with Crippen LogP contribution in [0.25, 0.3) is 11.6 Å². The van der Waals surface area contributed by atoms with E-state index in [0.717, 1.165) is 0 Å². The first kappa shape index (κ1) is 49.0. The standard InChI is InChI=1S/2C16H13N5O.C2H3N.2BF4.Fe/c2*22-16(13-6-2-1-3-7-13)20-17-12-14-8-4-9-15(19-14)21-11-5-10-18-21;1-2-3;2*2-1(3,4)5;/h2*1-12H,(H,20,22);1H3;;;/q;;;2*-1;+2/b2*17-12+;;;;. The molecule has 2 aromatic carbocycles. The minimum Gasteiger partial charge on any atom is -0.418 e. The molecule has 2 amide bonds. The molecule has 4 aromatic heterocycles. The largest absolute Gasteiger partial charge is 2.00 e. The summed E-state index contributed by atoms with van der Waals surface area (Å²) in [5.74, 6) is 0.840. The summed E-state index contributed by atoms with van der Waals surface area (Å²) in [6.45, 7) is 1.43. The van der Waals surface area contributed by atoms with E-state index in [1.807, 2.05) is 48.5 Å². The molecule has 0 atom stereocenters. The fraction of sp³-hybridized carbons (Fsp3) is 0.0294. The average molecular weight is 853 g/mol. The smallest absolute Gasteiger partial charge is 0.418 e. The summed E-state index contributed by atoms with van der Waals surface area (Å²) < 4.78 is 81.3. The Labute approximate surface area is 336 Å². The molecule has 2 N–H and O–H groups in total. The fourth-order valence-corrected chi connectivity index (χ4v) is 3.71. The van der Waals surface area contributed by atoms with E-state index >= 15 is 0 Å². The summed E-state index contributed by atoms with van der Waals surface area (Å²) in [7, 11) is -12.0. The van der Waals surface area contributed by atoms with Crippen molar-refractivity contribution in [1.82, 2.24) is 40.4 Å². The van der Waals surface area contributed by atoms with E-state index in [4.69, 9.17) is 5.26 Å². The van der Waals surface area contributed by atoms with Gasteiger partial charge in [-0.3, -0.25) is 9.59 Å². The minimum atomic E-state index is -6.00. The van der Waals surface area contributed by atoms with E-state index in [9.17, 15) is 44.1 Å². The van der Waals surface area contributed by atoms with Crippen molar-refractivity contribution in [3.05, 3.63) is 156 Å². The topological polar surface area (TPSA) is 168 Å². The number of hydrogen-bond donors (Lipinski definition) is 2. The molecule has 0 aliphatic heterocycles. The molecule has 6 aromatic rings. The van der Waals surface area contributed by atoms with Gasteiger partial charge in [0.1, 0.15) is 0 Å². The first-order valence-electron chi connectivity index (χ1n) is 15.8. The van der Waals surface area contributed by atoms with E-state index in [2.05, 4.69) is 41.2 Å². The fourth-order valence-electron chi connectivity index (χ4n) is 3.71. The van der Waals surface area contributed by atoms with Crippen LogP contribution in [-0.4, -0.2) is 68.3 Å². The molecule has 0 radical (unpaired) electrons. The van der Waals surface area contributed by atoms with Gasteiger partial charge in [0, 0.05) is 42.8 Å². The van der Waals surface area contributed by atoms with Crippen molar-refractivity contribution in [2.75, 3.05) is 0 Å². The molecule has 6 rings (SSSR count). The number of rotatable bonds is 8. The van der Waals surface area contributed by atoms with Crippen molar-refractivity contribution in [1.29, 1.82) is 5.26 Å². The normalized spacial score (nSPS) is 10.3. The Hall–Kier alpha value is -6.98. The predicted octanol–water partition coefficient (Wildman–Crippen LogP) is 7.19. The molecule has 302 valence electrons. The quantitative estimate of drug-likeness (QED) is 0.0707. The summed E-state index contributed by atoms with van der Waals surface area (Å²) in [5.41, 5.74) is 7.30. The summed E-state index contributed by atoms with van der Waals surface area (Å²) in [6.07, 6.45) is 9.97. The number of benzene rings is 2. The van der Waals surface area contributed by atoms with Crippen LogP contribution in [0.3, 0.4) is 0 Å². The summed E-state index contributed by atoms with van der Waals surface area (Å²) in [6, 6.07) is 34.2. The first-order valence-corrected chi connectivity index (χ1v) is 15.8. The molecule has 0 saturated carbocycles. The van der Waals surface area contributed by atoms with Crippen molar-refractivity contribution >= 4 is 38.8 Å². The van der Waals surface area contributed by atoms with Gasteiger partial charge in [0.2, 0.25) is 0 Å². The number of hydrazone groups is 2. The molecule has 24 heteroatoms. The number of aromatic nitrogens is 6. The number of halogens is 8. The Morgan fingerprint density at radius 2 is 0.931 bits per heavy atom. The van der Waals surface area contributed by atoms with E-state index in [-0.39, 0.29) is 28.9 Å². The Bertz CT molecular complexity index is 2010. The number of pyridine rings is 2. The number of nitrogens with one attached hydrogen (secondary N) is 2. The van der Waals surface area contributed by atoms with Crippen LogP contribution in [0.15, 0.2) is 144 Å². The van der Waals surface area contributed by atoms with Crippen LogP contribution in [0.2, 0.25) is 0 Å². The van der Waals surface area contributed by atoms with Crippen LogP contribution in [-0.2, 0) is 17.1 Å². The Morgan fingerprint density at radius 3 is 1.22 bits per heavy atom. The maximum atomic E-state index is 11.8. The van der Waals surface area contributed by atoms with E-state index in [1.54, 1.807) is 101 Å². The van der Waals surface area contributed by atoms with Gasteiger partial charge in [-0.05, 0) is 60.7 Å². The molecule has 4 heterocycles. The molecule has 0 aliphatic carbocycles. The van der Waals surface area contributed by atoms with Crippen LogP contribution in [0.4, 0.5) is 34.5 Å². The van der Waals surface area contributed by atoms with Gasteiger partial charge in [-0.1, -0.05) is 48.5 Å². The van der Waals surface area contributed by atoms with Crippen molar-refractivity contribution in [3.8, 4) is 17.7 Å². The number of carbonyl (C=O) groups is 2. The van der Waals surface area contributed by atoms with Crippen LogP contribution in [0, 0.1) is 11.3 Å². The molecule has 0 spiro atoms. The van der Waals surface area contributed by atoms with Crippen LogP contribution in [0.1, 0.15) is 39.0 Å². The molecular weight excluding hydrogens is 824 g/mol. The third kappa shape index (κ3) is 22.4. The van der Waals surface area contributed by atoms with Crippen LogP contribution < -0.4 is 10.9 Å². The van der Waals surface area contributed by atoms with Crippen molar-refractivity contribution in [2.24, 2.45) is 10.2 Å². The average Bonchev–Trinajstić information content (AvgIpc) is 3.92. The van der Waals surface area contributed by atoms with Gasteiger partial charge < -0.3 is 34.5 Å². The minimum absolute atomic E-state index is 0. The monoisotopic (exact) mass is 853 g/mol. The third-order valence-corrected chi connectivity index (χ3v) is 5.79. The number of nitrogens with zero attached hydrogens (tertiary/aromatic N) is 9. The second kappa shape index (κ2) is 26.0. The SMILES string of the molecule is CC#N.F[B-](F)(F)F.F[B-](F)(F)F.O=C(N/N=C/c1cccc(-n2cccn2)n1)c1ccccc1.O=C(N/N=C/c1cccc(-n2cccn2)n1)c1ccccc1.[Fe+2]. The molecular formula is C34H29B2F8FeN11O2. The third-order valence-electron chi connectivity index (χ3n) is 5.79. The number of amides is 2. The van der Waals surface area contributed by atoms with E-state index in [1.165, 1.54) is 19.4 Å². The molecule has 0 bridgehead atoms. The molecule has 58 heavy (non-hydrogen) atoms. The molecule has 0 saturated heterocycles. The predicted molar refractivity (Wildman–Crippen MR) is 197 cm³/mol. The van der Waals surface area contributed by atoms with Gasteiger partial charge in [-0.25, -0.2) is 30.2 Å². The number of hydrogen-bond acceptors (Lipinski definition) is 9. The van der Waals surface area contributed by atoms with Crippen molar-refractivity contribution in [3.63, 3.8) is 0 Å². The van der Waals surface area contributed by atoms with Gasteiger partial charge in [-0.15, -0.1) is 0 Å². The number of nitriles is 1. The molecule has 0 fully saturated rings. The van der Waals surface area contributed by atoms with Crippen molar-refractivity contribution in [2.45, 2.75) is 6.92 Å². The zero-order valence-electron chi connectivity index (χ0n) is 29.7. The van der Waals surface area contributed by atoms with Crippen LogP contribution in [0.5, 0.6) is 0 Å². The number of carbonyl (C=O) groups excluding carboxylic acids is 2. The molecule has 13 nitrogen and oxygen atoms in total. The van der Waals surface area contributed by atoms with Gasteiger partial charge in [0.25, 0.3) is 11.8 Å². The van der Waals surface area contributed by atoms with Crippen LogP contribution >= 0.6 is 0 Å². The molecule has 0 aliphatic rings. The maximum absolute atomic E-state index is 11.8. The van der Waals surface area contributed by atoms with Crippen molar-refractivity contribution < 1.29 is 61.2 Å². The summed E-state index contributed by atoms with van der Waals surface area (Å²) >= 11 is 0. The Morgan fingerprint density at radius 1 is 0.603 bits per heavy atom. The van der Waals surface area contributed by atoms with Gasteiger partial charge in [0.05, 0.1) is 29.9 Å².